The van der Waals surface area contributed by atoms with Crippen molar-refractivity contribution in [1.29, 1.82) is 0 Å². The molecule has 156 valence electrons. The zero-order chi connectivity index (χ0) is 20.8. The van der Waals surface area contributed by atoms with E-state index in [9.17, 15) is 13.5 Å². The molecule has 0 radical (unpaired) electrons. The van der Waals surface area contributed by atoms with Crippen LogP contribution in [0.1, 0.15) is 30.9 Å². The second-order valence-corrected chi connectivity index (χ2v) is 9.49. The van der Waals surface area contributed by atoms with Crippen molar-refractivity contribution in [2.24, 2.45) is 4.99 Å². The highest BCUT2D eigenvalue weighted by Crippen LogP contribution is 2.27. The highest BCUT2D eigenvalue weighted by molar-refractivity contribution is 7.91. The summed E-state index contributed by atoms with van der Waals surface area (Å²) in [7, 11) is -3.48. The van der Waals surface area contributed by atoms with Crippen molar-refractivity contribution in [2.75, 3.05) is 26.2 Å². The van der Waals surface area contributed by atoms with Gasteiger partial charge in [-0.1, -0.05) is 6.07 Å². The summed E-state index contributed by atoms with van der Waals surface area (Å²) in [5.41, 5.74) is -0.474. The fraction of sp³-hybridized carbons (Fsp3) is 0.500. The lowest BCUT2D eigenvalue weighted by molar-refractivity contribution is 0.0657. The third-order valence-corrected chi connectivity index (χ3v) is 6.84. The molecule has 2 aromatic rings. The summed E-state index contributed by atoms with van der Waals surface area (Å²) < 4.78 is 32.5. The second-order valence-electron chi connectivity index (χ2n) is 6.55. The van der Waals surface area contributed by atoms with E-state index in [2.05, 4.69) is 20.3 Å². The zero-order valence-electron chi connectivity index (χ0n) is 16.6. The Morgan fingerprint density at radius 3 is 2.64 bits per heavy atom. The number of nitrogens with zero attached hydrogens (tertiary/aromatic N) is 1. The van der Waals surface area contributed by atoms with Crippen molar-refractivity contribution in [3.05, 3.63) is 40.7 Å². The summed E-state index contributed by atoms with van der Waals surface area (Å²) in [6.45, 7) is 8.58. The fourth-order valence-electron chi connectivity index (χ4n) is 2.68. The summed E-state index contributed by atoms with van der Waals surface area (Å²) in [5, 5.41) is 18.6. The summed E-state index contributed by atoms with van der Waals surface area (Å²) in [4.78, 5) is 4.42. The van der Waals surface area contributed by atoms with E-state index < -0.39 is 15.6 Å². The van der Waals surface area contributed by atoms with Gasteiger partial charge in [-0.05, 0) is 45.2 Å². The van der Waals surface area contributed by atoms with Crippen molar-refractivity contribution >= 4 is 27.3 Å². The van der Waals surface area contributed by atoms with Gasteiger partial charge in [0.05, 0.1) is 6.54 Å². The first-order chi connectivity index (χ1) is 13.2. The van der Waals surface area contributed by atoms with E-state index >= 15 is 0 Å². The Labute approximate surface area is 170 Å². The van der Waals surface area contributed by atoms with Gasteiger partial charge >= 0.3 is 0 Å². The Morgan fingerprint density at radius 1 is 1.32 bits per heavy atom. The maximum Gasteiger partial charge on any atom is 0.250 e. The standard InChI is InChI=1S/C18H28N4O4S2/c1-5-19-17(20-8-9-22-28(24,25)16-7-6-10-27-16)21-12-18(4,23)15-11-13(2)26-14(15)3/h6-7,10-11,22-23H,5,8-9,12H2,1-4H3,(H2,19,20,21). The molecule has 0 aromatic carbocycles. The van der Waals surface area contributed by atoms with Crippen LogP contribution in [-0.2, 0) is 15.6 Å². The Balaban J connectivity index is 1.92. The number of hydrogen-bond donors (Lipinski definition) is 4. The summed E-state index contributed by atoms with van der Waals surface area (Å²) >= 11 is 1.17. The van der Waals surface area contributed by atoms with Gasteiger partial charge in [0.2, 0.25) is 10.0 Å². The van der Waals surface area contributed by atoms with E-state index in [1.54, 1.807) is 24.4 Å². The van der Waals surface area contributed by atoms with Gasteiger partial charge in [0.25, 0.3) is 0 Å². The summed E-state index contributed by atoms with van der Waals surface area (Å²) in [6.07, 6.45) is 0. The molecule has 2 heterocycles. The molecule has 2 aromatic heterocycles. The number of thiophene rings is 1. The molecule has 0 aliphatic heterocycles. The molecule has 0 amide bonds. The van der Waals surface area contributed by atoms with E-state index in [1.807, 2.05) is 26.8 Å². The SMILES string of the molecule is CCNC(=NCC(C)(O)c1cc(C)oc1C)NCCNS(=O)(=O)c1cccs1. The van der Waals surface area contributed by atoms with E-state index in [4.69, 9.17) is 4.42 Å². The van der Waals surface area contributed by atoms with Gasteiger partial charge in [-0.15, -0.1) is 11.3 Å². The van der Waals surface area contributed by atoms with E-state index in [0.717, 1.165) is 5.76 Å². The maximum atomic E-state index is 12.1. The number of sulfonamides is 1. The molecule has 2 rings (SSSR count). The maximum absolute atomic E-state index is 12.1. The molecule has 10 heteroatoms. The zero-order valence-corrected chi connectivity index (χ0v) is 18.2. The van der Waals surface area contributed by atoms with Gasteiger partial charge in [0.15, 0.2) is 5.96 Å². The van der Waals surface area contributed by atoms with Gasteiger partial charge in [-0.25, -0.2) is 18.1 Å². The van der Waals surface area contributed by atoms with Crippen molar-refractivity contribution in [2.45, 2.75) is 37.5 Å². The van der Waals surface area contributed by atoms with Crippen LogP contribution >= 0.6 is 11.3 Å². The average Bonchev–Trinajstić information content (AvgIpc) is 3.27. The lowest BCUT2D eigenvalue weighted by Gasteiger charge is -2.21. The summed E-state index contributed by atoms with van der Waals surface area (Å²) in [5.74, 6) is 1.90. The smallest absolute Gasteiger partial charge is 0.250 e. The van der Waals surface area contributed by atoms with E-state index in [1.165, 1.54) is 11.3 Å². The van der Waals surface area contributed by atoms with Crippen LogP contribution in [-0.4, -0.2) is 45.7 Å². The predicted octanol–water partition coefficient (Wildman–Crippen LogP) is 1.70. The highest BCUT2D eigenvalue weighted by atomic mass is 32.2. The molecular weight excluding hydrogens is 400 g/mol. The number of hydrogen-bond acceptors (Lipinski definition) is 6. The van der Waals surface area contributed by atoms with Crippen LogP contribution < -0.4 is 15.4 Å². The normalized spacial score (nSPS) is 14.7. The van der Waals surface area contributed by atoms with Crippen molar-refractivity contribution < 1.29 is 17.9 Å². The number of aliphatic imine (C=N–C) groups is 1. The first kappa shape index (κ1) is 22.4. The lowest BCUT2D eigenvalue weighted by Crippen LogP contribution is -2.42. The second kappa shape index (κ2) is 9.55. The number of furan rings is 1. The van der Waals surface area contributed by atoms with Crippen molar-refractivity contribution in [3.63, 3.8) is 0 Å². The van der Waals surface area contributed by atoms with Gasteiger partial charge in [-0.2, -0.15) is 0 Å². The van der Waals surface area contributed by atoms with Crippen LogP contribution in [0, 0.1) is 13.8 Å². The molecule has 28 heavy (non-hydrogen) atoms. The number of aryl methyl sites for hydroxylation is 2. The predicted molar refractivity (Wildman–Crippen MR) is 111 cm³/mol. The number of guanidine groups is 1. The number of nitrogens with one attached hydrogen (secondary N) is 3. The van der Waals surface area contributed by atoms with Gasteiger partial charge < -0.3 is 20.2 Å². The fourth-order valence-corrected chi connectivity index (χ4v) is 4.75. The minimum atomic E-state index is -3.48. The average molecular weight is 429 g/mol. The minimum Gasteiger partial charge on any atom is -0.466 e. The van der Waals surface area contributed by atoms with Crippen LogP contribution in [0.3, 0.4) is 0 Å². The third-order valence-electron chi connectivity index (χ3n) is 3.98. The molecule has 0 saturated heterocycles. The van der Waals surface area contributed by atoms with Crippen LogP contribution in [0.4, 0.5) is 0 Å². The Bertz CT molecular complexity index is 887. The van der Waals surface area contributed by atoms with Gasteiger partial charge in [0, 0.05) is 25.2 Å². The molecule has 0 bridgehead atoms. The van der Waals surface area contributed by atoms with Gasteiger partial charge in [-0.3, -0.25) is 0 Å². The van der Waals surface area contributed by atoms with E-state index in [-0.39, 0.29) is 17.3 Å². The number of aliphatic hydroxyl groups is 1. The van der Waals surface area contributed by atoms with Crippen molar-refractivity contribution in [3.8, 4) is 0 Å². The highest BCUT2D eigenvalue weighted by Gasteiger charge is 2.27. The molecule has 0 saturated carbocycles. The topological polar surface area (TPSA) is 116 Å². The first-order valence-electron chi connectivity index (χ1n) is 9.01. The Hall–Kier alpha value is -1.88. The molecule has 0 fully saturated rings. The Morgan fingerprint density at radius 2 is 2.07 bits per heavy atom. The molecule has 4 N–H and O–H groups in total. The quantitative estimate of drug-likeness (QED) is 0.274. The molecule has 0 aliphatic carbocycles. The number of rotatable bonds is 9. The van der Waals surface area contributed by atoms with Gasteiger partial charge in [0.1, 0.15) is 21.3 Å². The van der Waals surface area contributed by atoms with E-state index in [0.29, 0.717) is 30.4 Å². The molecular formula is C18H28N4O4S2. The Kier molecular flexibility index (Phi) is 7.64. The molecule has 0 aliphatic rings. The third kappa shape index (κ3) is 6.06. The first-order valence-corrected chi connectivity index (χ1v) is 11.4. The van der Waals surface area contributed by atoms with Crippen LogP contribution in [0.15, 0.2) is 37.2 Å². The lowest BCUT2D eigenvalue weighted by atomic mass is 9.96. The largest absolute Gasteiger partial charge is 0.466 e. The molecule has 1 unspecified atom stereocenters. The molecule has 8 nitrogen and oxygen atoms in total. The molecule has 0 spiro atoms. The van der Waals surface area contributed by atoms with Crippen LogP contribution in [0.25, 0.3) is 0 Å². The van der Waals surface area contributed by atoms with Crippen LogP contribution in [0.5, 0.6) is 0 Å². The van der Waals surface area contributed by atoms with Crippen molar-refractivity contribution in [1.82, 2.24) is 15.4 Å². The summed E-state index contributed by atoms with van der Waals surface area (Å²) in [6, 6.07) is 5.07. The monoisotopic (exact) mass is 428 g/mol. The van der Waals surface area contributed by atoms with Crippen LogP contribution in [0.2, 0.25) is 0 Å². The molecule has 1 atom stereocenters. The minimum absolute atomic E-state index is 0.128.